The van der Waals surface area contributed by atoms with E-state index in [1.54, 1.807) is 62.6 Å². The minimum atomic E-state index is -1.11. The van der Waals surface area contributed by atoms with Gasteiger partial charge in [0.05, 0.1) is 36.8 Å². The van der Waals surface area contributed by atoms with Crippen molar-refractivity contribution < 1.29 is 37.8 Å². The van der Waals surface area contributed by atoms with Gasteiger partial charge in [0.2, 0.25) is 11.8 Å². The fourth-order valence-corrected chi connectivity index (χ4v) is 6.45. The number of hydrogen-bond acceptors (Lipinski definition) is 7. The minimum Gasteiger partial charge on any atom is -0.476 e. The third-order valence-electron chi connectivity index (χ3n) is 8.75. The number of rotatable bonds is 13. The molecule has 0 spiro atoms. The maximum Gasteiger partial charge on any atom is 0.410 e. The molecule has 3 aliphatic rings. The predicted molar refractivity (Wildman–Crippen MR) is 182 cm³/mol. The monoisotopic (exact) mass is 674 g/mol. The van der Waals surface area contributed by atoms with E-state index in [9.17, 15) is 23.6 Å². The van der Waals surface area contributed by atoms with E-state index in [-0.39, 0.29) is 62.3 Å². The summed E-state index contributed by atoms with van der Waals surface area (Å²) in [7, 11) is 0. The topological polar surface area (TPSA) is 118 Å². The molecule has 1 aliphatic carbocycles. The van der Waals surface area contributed by atoms with Crippen LogP contribution in [0.25, 0.3) is 0 Å². The highest BCUT2D eigenvalue weighted by atomic mass is 19.1. The Morgan fingerprint density at radius 3 is 2.44 bits per heavy atom. The molecule has 1 aromatic rings. The van der Waals surface area contributed by atoms with Gasteiger partial charge in [-0.3, -0.25) is 18.8 Å². The number of piperidine rings is 1. The number of carbonyl (C=O) groups excluding carboxylic acids is 4. The van der Waals surface area contributed by atoms with Gasteiger partial charge in [-0.05, 0) is 97.8 Å². The van der Waals surface area contributed by atoms with E-state index < -0.39 is 35.8 Å². The van der Waals surface area contributed by atoms with Crippen LogP contribution in [0, 0.1) is 17.8 Å². The number of halogens is 1. The Hall–Kier alpha value is -3.41. The summed E-state index contributed by atoms with van der Waals surface area (Å²) < 4.78 is 30.6. The first kappa shape index (κ1) is 37.4. The Kier molecular flexibility index (Phi) is 12.0. The van der Waals surface area contributed by atoms with E-state index in [4.69, 9.17) is 14.2 Å². The predicted octanol–water partition coefficient (Wildman–Crippen LogP) is 5.49. The first-order chi connectivity index (χ1) is 22.5. The molecule has 0 radical (unpaired) electrons. The number of carbonyl (C=O) groups is 4. The number of benzene rings is 1. The Morgan fingerprint density at radius 1 is 1.15 bits per heavy atom. The number of fused-ring (bicyclic) bond motifs is 1. The van der Waals surface area contributed by atoms with Crippen molar-refractivity contribution in [2.45, 2.75) is 111 Å². The second-order valence-electron chi connectivity index (χ2n) is 15.2. The largest absolute Gasteiger partial charge is 0.476 e. The zero-order valence-corrected chi connectivity index (χ0v) is 30.0. The van der Waals surface area contributed by atoms with Gasteiger partial charge in [-0.15, -0.1) is 0 Å². The summed E-state index contributed by atoms with van der Waals surface area (Å²) in [6, 6.07) is 5.06. The van der Waals surface area contributed by atoms with Crippen molar-refractivity contribution >= 4 is 35.2 Å². The highest BCUT2D eigenvalue weighted by molar-refractivity contribution is 6.04. The Bertz CT molecular complexity index is 1330. The van der Waals surface area contributed by atoms with Crippen LogP contribution in [0.1, 0.15) is 87.5 Å². The highest BCUT2D eigenvalue weighted by Crippen LogP contribution is 2.43. The lowest BCUT2D eigenvalue weighted by Crippen LogP contribution is -2.55. The number of likely N-dealkylation sites (tertiary alicyclic amines) is 1. The summed E-state index contributed by atoms with van der Waals surface area (Å²) in [5.41, 5.74) is -0.787. The zero-order chi connectivity index (χ0) is 35.4. The van der Waals surface area contributed by atoms with Crippen LogP contribution in [0.2, 0.25) is 0 Å². The number of amides is 4. The van der Waals surface area contributed by atoms with Gasteiger partial charge in [-0.1, -0.05) is 13.8 Å². The fraction of sp³-hybridized carbons (Fsp3) is 0.722. The standard InChI is InChI=1S/C36H55FN4O7/c1-9-46-22-26(17-23(2)3)38-31(42)24-18-25(21-39(20-24)34(45)48-35(4,5)6)32(43)41(27-11-12-27)28-13-14-30-29(19-28)40(16-10-15-37)33(44)36(7,8)47-30/h13-14,19,23-27H,9-12,15-18,20-22H2,1-8H3,(H,38,42)/t24-,25+,26?/m0/s1. The van der Waals surface area contributed by atoms with E-state index in [0.717, 1.165) is 19.3 Å². The molecule has 3 atom stereocenters. The number of ether oxygens (including phenoxy) is 3. The smallest absolute Gasteiger partial charge is 0.410 e. The van der Waals surface area contributed by atoms with Crippen molar-refractivity contribution in [3.05, 3.63) is 18.2 Å². The van der Waals surface area contributed by atoms with Crippen LogP contribution in [0.3, 0.4) is 0 Å². The molecule has 1 unspecified atom stereocenters. The van der Waals surface area contributed by atoms with E-state index in [0.29, 0.717) is 36.3 Å². The molecule has 2 aliphatic heterocycles. The molecule has 11 nitrogen and oxygen atoms in total. The highest BCUT2D eigenvalue weighted by Gasteiger charge is 2.45. The Morgan fingerprint density at radius 2 is 1.83 bits per heavy atom. The van der Waals surface area contributed by atoms with Crippen molar-refractivity contribution in [1.29, 1.82) is 0 Å². The number of nitrogens with zero attached hydrogens (tertiary/aromatic N) is 3. The van der Waals surface area contributed by atoms with E-state index in [1.807, 2.05) is 6.92 Å². The van der Waals surface area contributed by atoms with Crippen molar-refractivity contribution in [3.8, 4) is 5.75 Å². The van der Waals surface area contributed by atoms with Crippen molar-refractivity contribution in [2.75, 3.05) is 49.3 Å². The molecule has 1 saturated heterocycles. The number of hydrogen-bond donors (Lipinski definition) is 1. The number of alkyl halides is 1. The second-order valence-corrected chi connectivity index (χ2v) is 15.2. The normalized spacial score (nSPS) is 21.3. The molecule has 4 amide bonds. The van der Waals surface area contributed by atoms with Crippen molar-refractivity contribution in [2.24, 2.45) is 17.8 Å². The molecule has 48 heavy (non-hydrogen) atoms. The summed E-state index contributed by atoms with van der Waals surface area (Å²) in [6.07, 6.45) is 2.20. The van der Waals surface area contributed by atoms with E-state index in [1.165, 1.54) is 4.90 Å². The molecule has 1 saturated carbocycles. The maximum absolute atomic E-state index is 14.5. The Labute approximate surface area is 284 Å². The molecule has 4 rings (SSSR count). The van der Waals surface area contributed by atoms with Gasteiger partial charge in [0.25, 0.3) is 5.91 Å². The van der Waals surface area contributed by atoms with Gasteiger partial charge in [0.1, 0.15) is 11.4 Å². The molecule has 0 aromatic heterocycles. The quantitative estimate of drug-likeness (QED) is 0.294. The third-order valence-corrected chi connectivity index (χ3v) is 8.75. The van der Waals surface area contributed by atoms with Gasteiger partial charge in [0.15, 0.2) is 5.60 Å². The SMILES string of the molecule is CCOCC(CC(C)C)NC(=O)[C@H]1C[C@@H](C(=O)N(c2ccc3c(c2)N(CCCF)C(=O)C(C)(C)O3)C2CC2)CN(C(=O)OC(C)(C)C)C1. The summed E-state index contributed by atoms with van der Waals surface area (Å²) in [5.74, 6) is -1.19. The van der Waals surface area contributed by atoms with Crippen LogP contribution < -0.4 is 19.9 Å². The fourth-order valence-electron chi connectivity index (χ4n) is 6.45. The van der Waals surface area contributed by atoms with Crippen LogP contribution in [0.4, 0.5) is 20.6 Å². The summed E-state index contributed by atoms with van der Waals surface area (Å²) in [4.78, 5) is 59.8. The van der Waals surface area contributed by atoms with Gasteiger partial charge in [0, 0.05) is 38.0 Å². The van der Waals surface area contributed by atoms with Crippen molar-refractivity contribution in [1.82, 2.24) is 10.2 Å². The lowest BCUT2D eigenvalue weighted by Gasteiger charge is -2.40. The van der Waals surface area contributed by atoms with Crippen LogP contribution in [-0.4, -0.2) is 91.5 Å². The molecule has 268 valence electrons. The summed E-state index contributed by atoms with van der Waals surface area (Å²) >= 11 is 0. The lowest BCUT2D eigenvalue weighted by molar-refractivity contribution is -0.133. The van der Waals surface area contributed by atoms with E-state index >= 15 is 0 Å². The lowest BCUT2D eigenvalue weighted by atomic mass is 9.87. The molecule has 2 heterocycles. The molecule has 12 heteroatoms. The number of anilines is 2. The van der Waals surface area contributed by atoms with Gasteiger partial charge in [-0.25, -0.2) is 4.79 Å². The third kappa shape index (κ3) is 9.39. The minimum absolute atomic E-state index is 0.0581. The zero-order valence-electron chi connectivity index (χ0n) is 30.0. The molecule has 2 fully saturated rings. The average molecular weight is 675 g/mol. The second kappa shape index (κ2) is 15.4. The molecule has 1 N–H and O–H groups in total. The molecule has 1 aromatic carbocycles. The van der Waals surface area contributed by atoms with Crippen LogP contribution in [-0.2, 0) is 23.9 Å². The van der Waals surface area contributed by atoms with Gasteiger partial charge < -0.3 is 34.2 Å². The van der Waals surface area contributed by atoms with E-state index in [2.05, 4.69) is 19.2 Å². The molecular formula is C36H55FN4O7. The first-order valence-corrected chi connectivity index (χ1v) is 17.4. The first-order valence-electron chi connectivity index (χ1n) is 17.4. The number of nitrogens with one attached hydrogen (secondary N) is 1. The van der Waals surface area contributed by atoms with Crippen LogP contribution in [0.5, 0.6) is 5.75 Å². The summed E-state index contributed by atoms with van der Waals surface area (Å²) in [6.45, 7) is 15.6. The van der Waals surface area contributed by atoms with Gasteiger partial charge in [-0.2, -0.15) is 0 Å². The summed E-state index contributed by atoms with van der Waals surface area (Å²) in [5, 5.41) is 3.14. The Balaban J connectivity index is 1.64. The van der Waals surface area contributed by atoms with Gasteiger partial charge >= 0.3 is 6.09 Å². The van der Waals surface area contributed by atoms with Crippen LogP contribution >= 0.6 is 0 Å². The molecule has 0 bridgehead atoms. The van der Waals surface area contributed by atoms with Crippen molar-refractivity contribution in [3.63, 3.8) is 0 Å². The molecular weight excluding hydrogens is 619 g/mol. The maximum atomic E-state index is 14.5. The average Bonchev–Trinajstić information content (AvgIpc) is 3.84. The van der Waals surface area contributed by atoms with Crippen LogP contribution in [0.15, 0.2) is 18.2 Å².